The molecule has 4 amide bonds. The first kappa shape index (κ1) is 19.7. The van der Waals surface area contributed by atoms with Gasteiger partial charge in [-0.15, -0.1) is 0 Å². The average Bonchev–Trinajstić information content (AvgIpc) is 2.61. The van der Waals surface area contributed by atoms with Gasteiger partial charge in [0.25, 0.3) is 11.8 Å². The van der Waals surface area contributed by atoms with Crippen LogP contribution in [0.4, 0.5) is 4.79 Å². The summed E-state index contributed by atoms with van der Waals surface area (Å²) >= 11 is 3.41. The van der Waals surface area contributed by atoms with E-state index < -0.39 is 17.8 Å². The predicted octanol–water partition coefficient (Wildman–Crippen LogP) is 2.85. The number of carbonyl (C=O) groups excluding carboxylic acids is 3. The molecule has 0 saturated carbocycles. The number of rotatable bonds is 6. The first-order valence-electron chi connectivity index (χ1n) is 7.83. The number of ether oxygens (including phenoxy) is 2. The van der Waals surface area contributed by atoms with Gasteiger partial charge in [-0.2, -0.15) is 0 Å². The molecule has 0 N–H and O–H groups in total. The van der Waals surface area contributed by atoms with Gasteiger partial charge < -0.3 is 9.47 Å². The van der Waals surface area contributed by atoms with Crippen molar-refractivity contribution in [2.45, 2.75) is 6.92 Å². The van der Waals surface area contributed by atoms with Gasteiger partial charge in [-0.1, -0.05) is 12.7 Å². The Balaban J connectivity index is 2.49. The molecule has 138 valence electrons. The highest BCUT2D eigenvalue weighted by molar-refractivity contribution is 9.10. The minimum atomic E-state index is -0.665. The average molecular weight is 423 g/mol. The Morgan fingerprint density at radius 1 is 1.12 bits per heavy atom. The van der Waals surface area contributed by atoms with E-state index in [1.807, 2.05) is 6.92 Å². The fourth-order valence-electron chi connectivity index (χ4n) is 2.36. The third-order valence-electron chi connectivity index (χ3n) is 3.63. The van der Waals surface area contributed by atoms with E-state index in [4.69, 9.17) is 9.47 Å². The van der Waals surface area contributed by atoms with Crippen molar-refractivity contribution in [2.75, 3.05) is 27.3 Å². The summed E-state index contributed by atoms with van der Waals surface area (Å²) in [6.45, 7) is 6.15. The lowest BCUT2D eigenvalue weighted by molar-refractivity contribution is -0.134. The fourth-order valence-corrected chi connectivity index (χ4v) is 2.93. The molecule has 1 heterocycles. The Bertz CT molecular complexity index is 777. The summed E-state index contributed by atoms with van der Waals surface area (Å²) in [5.41, 5.74) is 0.447. The van der Waals surface area contributed by atoms with E-state index in [0.717, 1.165) is 9.80 Å². The molecular weight excluding hydrogens is 404 g/mol. The third-order valence-corrected chi connectivity index (χ3v) is 4.22. The monoisotopic (exact) mass is 422 g/mol. The van der Waals surface area contributed by atoms with Crippen molar-refractivity contribution in [2.24, 2.45) is 0 Å². The van der Waals surface area contributed by atoms with Gasteiger partial charge in [0.15, 0.2) is 11.5 Å². The number of nitrogens with zero attached hydrogens (tertiary/aromatic N) is 2. The molecule has 0 spiro atoms. The highest BCUT2D eigenvalue weighted by Crippen LogP contribution is 2.37. The van der Waals surface area contributed by atoms with Crippen LogP contribution in [-0.4, -0.2) is 55.0 Å². The molecule has 26 heavy (non-hydrogen) atoms. The molecule has 2 rings (SSSR count). The van der Waals surface area contributed by atoms with Crippen molar-refractivity contribution < 1.29 is 23.9 Å². The lowest BCUT2D eigenvalue weighted by Crippen LogP contribution is -2.52. The van der Waals surface area contributed by atoms with E-state index in [2.05, 4.69) is 22.5 Å². The van der Waals surface area contributed by atoms with Crippen LogP contribution in [0.15, 0.2) is 34.8 Å². The van der Waals surface area contributed by atoms with Gasteiger partial charge in [0, 0.05) is 14.1 Å². The van der Waals surface area contributed by atoms with Crippen LogP contribution in [0, 0.1) is 0 Å². The number of urea groups is 1. The first-order chi connectivity index (χ1) is 12.3. The number of imide groups is 2. The zero-order valence-electron chi connectivity index (χ0n) is 14.7. The maximum Gasteiger partial charge on any atom is 0.333 e. The number of benzene rings is 1. The number of carbonyl (C=O) groups is 3. The first-order valence-corrected chi connectivity index (χ1v) is 8.62. The molecule has 0 aromatic heterocycles. The number of hydrogen-bond acceptors (Lipinski definition) is 5. The Labute approximate surface area is 160 Å². The molecule has 7 nitrogen and oxygen atoms in total. The van der Waals surface area contributed by atoms with Gasteiger partial charge in [-0.05, 0) is 46.6 Å². The van der Waals surface area contributed by atoms with Crippen LogP contribution in [-0.2, 0) is 9.59 Å². The van der Waals surface area contributed by atoms with Crippen molar-refractivity contribution >= 4 is 39.9 Å². The molecule has 1 saturated heterocycles. The van der Waals surface area contributed by atoms with Crippen LogP contribution in [0.2, 0.25) is 0 Å². The third kappa shape index (κ3) is 3.80. The quantitative estimate of drug-likeness (QED) is 0.400. The maximum atomic E-state index is 12.3. The number of likely N-dealkylation sites (N-methyl/N-ethyl adjacent to an activating group) is 2. The number of halogens is 1. The minimum Gasteiger partial charge on any atom is -0.490 e. The largest absolute Gasteiger partial charge is 0.490 e. The fraction of sp³-hybridized carbons (Fsp3) is 0.278. The summed E-state index contributed by atoms with van der Waals surface area (Å²) in [6.07, 6.45) is 3.04. The predicted molar refractivity (Wildman–Crippen MR) is 99.9 cm³/mol. The van der Waals surface area contributed by atoms with Crippen LogP contribution >= 0.6 is 15.9 Å². The topological polar surface area (TPSA) is 76.2 Å². The second-order valence-electron chi connectivity index (χ2n) is 5.43. The van der Waals surface area contributed by atoms with Gasteiger partial charge >= 0.3 is 6.03 Å². The van der Waals surface area contributed by atoms with Crippen molar-refractivity contribution in [1.29, 1.82) is 0 Å². The lowest BCUT2D eigenvalue weighted by Gasteiger charge is -2.28. The maximum absolute atomic E-state index is 12.3. The van der Waals surface area contributed by atoms with Gasteiger partial charge in [-0.3, -0.25) is 19.4 Å². The molecule has 0 unspecified atom stereocenters. The molecule has 0 aliphatic carbocycles. The number of barbiturate groups is 1. The molecule has 1 aliphatic rings. The SMILES string of the molecule is C=CCOc1c(Br)cc(C=C2C(=O)N(C)C(=O)N(C)C2=O)cc1OCC. The smallest absolute Gasteiger partial charge is 0.333 e. The van der Waals surface area contributed by atoms with E-state index in [9.17, 15) is 14.4 Å². The molecule has 0 radical (unpaired) electrons. The second-order valence-corrected chi connectivity index (χ2v) is 6.29. The molecule has 1 aromatic carbocycles. The highest BCUT2D eigenvalue weighted by Gasteiger charge is 2.37. The summed E-state index contributed by atoms with van der Waals surface area (Å²) in [5, 5.41) is 0. The van der Waals surface area contributed by atoms with E-state index >= 15 is 0 Å². The van der Waals surface area contributed by atoms with Crippen LogP contribution in [0.1, 0.15) is 12.5 Å². The second kappa shape index (κ2) is 8.18. The Morgan fingerprint density at radius 3 is 2.27 bits per heavy atom. The summed E-state index contributed by atoms with van der Waals surface area (Å²) in [7, 11) is 2.66. The van der Waals surface area contributed by atoms with Gasteiger partial charge in [0.1, 0.15) is 12.2 Å². The highest BCUT2D eigenvalue weighted by atomic mass is 79.9. The van der Waals surface area contributed by atoms with Crippen LogP contribution in [0.25, 0.3) is 6.08 Å². The summed E-state index contributed by atoms with van der Waals surface area (Å²) < 4.78 is 11.8. The van der Waals surface area contributed by atoms with E-state index in [0.29, 0.717) is 34.7 Å². The van der Waals surface area contributed by atoms with Crippen molar-refractivity contribution in [3.63, 3.8) is 0 Å². The van der Waals surface area contributed by atoms with E-state index in [1.54, 1.807) is 18.2 Å². The van der Waals surface area contributed by atoms with E-state index in [-0.39, 0.29) is 5.57 Å². The molecule has 1 aliphatic heterocycles. The Kier molecular flexibility index (Phi) is 6.20. The lowest BCUT2D eigenvalue weighted by atomic mass is 10.1. The van der Waals surface area contributed by atoms with Gasteiger partial charge in [0.05, 0.1) is 11.1 Å². The van der Waals surface area contributed by atoms with Crippen molar-refractivity contribution in [3.8, 4) is 11.5 Å². The minimum absolute atomic E-state index is 0.108. The summed E-state index contributed by atoms with van der Waals surface area (Å²) in [4.78, 5) is 38.2. The van der Waals surface area contributed by atoms with E-state index in [1.165, 1.54) is 20.2 Å². The molecule has 8 heteroatoms. The zero-order chi connectivity index (χ0) is 19.4. The normalized spacial score (nSPS) is 14.6. The number of amides is 4. The zero-order valence-corrected chi connectivity index (χ0v) is 16.3. The molecule has 0 bridgehead atoms. The molecular formula is C18H19BrN2O5. The molecule has 1 aromatic rings. The van der Waals surface area contributed by atoms with Crippen molar-refractivity contribution in [1.82, 2.24) is 9.80 Å². The number of hydrogen-bond donors (Lipinski definition) is 0. The van der Waals surface area contributed by atoms with Gasteiger partial charge in [-0.25, -0.2) is 4.79 Å². The van der Waals surface area contributed by atoms with Crippen LogP contribution in [0.5, 0.6) is 11.5 Å². The Hall–Kier alpha value is -2.61. The molecule has 0 atom stereocenters. The summed E-state index contributed by atoms with van der Waals surface area (Å²) in [6, 6.07) is 2.70. The van der Waals surface area contributed by atoms with Crippen molar-refractivity contribution in [3.05, 3.63) is 40.4 Å². The molecule has 1 fully saturated rings. The Morgan fingerprint density at radius 2 is 1.73 bits per heavy atom. The van der Waals surface area contributed by atoms with Crippen LogP contribution < -0.4 is 9.47 Å². The standard InChI is InChI=1S/C18H19BrN2O5/c1-5-7-26-15-13(19)9-11(10-14(15)25-6-2)8-12-16(22)20(3)18(24)21(4)17(12)23/h5,8-10H,1,6-7H2,2-4H3. The van der Waals surface area contributed by atoms with Crippen LogP contribution in [0.3, 0.4) is 0 Å². The summed E-state index contributed by atoms with van der Waals surface area (Å²) in [5.74, 6) is -0.345. The van der Waals surface area contributed by atoms with Gasteiger partial charge in [0.2, 0.25) is 0 Å².